The van der Waals surface area contributed by atoms with E-state index in [-0.39, 0.29) is 29.5 Å². The first kappa shape index (κ1) is 19.7. The summed E-state index contributed by atoms with van der Waals surface area (Å²) < 4.78 is 0. The monoisotopic (exact) mass is 436 g/mol. The van der Waals surface area contributed by atoms with Crippen molar-refractivity contribution in [3.05, 3.63) is 22.4 Å². The van der Waals surface area contributed by atoms with Gasteiger partial charge in [-0.1, -0.05) is 12.5 Å². The molecule has 2 rings (SSSR count). The molecule has 6 heteroatoms. The highest BCUT2D eigenvalue weighted by Crippen LogP contribution is 2.20. The predicted molar refractivity (Wildman–Crippen MR) is 107 cm³/mol. The van der Waals surface area contributed by atoms with Gasteiger partial charge in [0, 0.05) is 17.0 Å². The van der Waals surface area contributed by atoms with Crippen molar-refractivity contribution >= 4 is 41.3 Å². The normalized spacial score (nSPS) is 17.1. The van der Waals surface area contributed by atoms with Gasteiger partial charge < -0.3 is 11.1 Å². The molecule has 1 fully saturated rings. The van der Waals surface area contributed by atoms with Gasteiger partial charge in [0.2, 0.25) is 0 Å². The lowest BCUT2D eigenvalue weighted by molar-refractivity contribution is 0.102. The summed E-state index contributed by atoms with van der Waals surface area (Å²) in [5.41, 5.74) is 6.07. The Balaban J connectivity index is 0.00000242. The number of nitrogens with two attached hydrogens (primary N) is 1. The van der Waals surface area contributed by atoms with Crippen molar-refractivity contribution in [3.8, 4) is 0 Å². The Morgan fingerprint density at radius 1 is 1.36 bits per heavy atom. The minimum atomic E-state index is 0. The Hall–Kier alpha value is -0.340. The summed E-state index contributed by atoms with van der Waals surface area (Å²) in [6, 6.07) is 4.23. The molecule has 0 unspecified atom stereocenters. The van der Waals surface area contributed by atoms with E-state index in [1.807, 2.05) is 0 Å². The summed E-state index contributed by atoms with van der Waals surface area (Å²) >= 11 is 1.78. The molecule has 0 atom stereocenters. The number of nitrogens with one attached hydrogen (secondary N) is 1. The molecule has 0 aliphatic carbocycles. The highest BCUT2D eigenvalue weighted by Gasteiger charge is 2.27. The minimum absolute atomic E-state index is 0. The van der Waals surface area contributed by atoms with Gasteiger partial charge in [0.25, 0.3) is 0 Å². The van der Waals surface area contributed by atoms with Crippen molar-refractivity contribution in [1.29, 1.82) is 0 Å². The maximum Gasteiger partial charge on any atom is 0.188 e. The third-order valence-corrected chi connectivity index (χ3v) is 5.04. The number of hydrogen-bond donors (Lipinski definition) is 2. The molecular weight excluding hydrogens is 407 g/mol. The Labute approximate surface area is 155 Å². The van der Waals surface area contributed by atoms with Crippen molar-refractivity contribution in [2.75, 3.05) is 26.2 Å². The van der Waals surface area contributed by atoms with Crippen LogP contribution in [-0.4, -0.2) is 42.6 Å². The Kier molecular flexibility index (Phi) is 8.71. The van der Waals surface area contributed by atoms with Gasteiger partial charge in [-0.2, -0.15) is 0 Å². The van der Waals surface area contributed by atoms with E-state index in [1.54, 1.807) is 11.3 Å². The number of thiophene rings is 1. The number of rotatable bonds is 6. The van der Waals surface area contributed by atoms with Crippen LogP contribution in [0.2, 0.25) is 0 Å². The first-order chi connectivity index (χ1) is 10.1. The van der Waals surface area contributed by atoms with Crippen LogP contribution in [0.5, 0.6) is 0 Å². The number of piperidine rings is 1. The average Bonchev–Trinajstić information content (AvgIpc) is 2.99. The molecule has 1 aliphatic rings. The lowest BCUT2D eigenvalue weighted by Crippen LogP contribution is -2.49. The second kappa shape index (κ2) is 9.72. The van der Waals surface area contributed by atoms with Gasteiger partial charge in [0.05, 0.1) is 6.54 Å². The van der Waals surface area contributed by atoms with Crippen molar-refractivity contribution < 1.29 is 0 Å². The summed E-state index contributed by atoms with van der Waals surface area (Å²) in [6.45, 7) is 8.51. The van der Waals surface area contributed by atoms with Crippen LogP contribution in [0.3, 0.4) is 0 Å². The fourth-order valence-corrected chi connectivity index (χ4v) is 3.41. The molecule has 22 heavy (non-hydrogen) atoms. The van der Waals surface area contributed by atoms with Crippen molar-refractivity contribution in [1.82, 2.24) is 10.2 Å². The second-order valence-corrected chi connectivity index (χ2v) is 7.35. The van der Waals surface area contributed by atoms with E-state index in [0.29, 0.717) is 5.96 Å². The van der Waals surface area contributed by atoms with Gasteiger partial charge >= 0.3 is 0 Å². The van der Waals surface area contributed by atoms with Crippen LogP contribution < -0.4 is 11.1 Å². The third kappa shape index (κ3) is 6.42. The van der Waals surface area contributed by atoms with Crippen molar-refractivity contribution in [2.24, 2.45) is 10.7 Å². The van der Waals surface area contributed by atoms with Crippen LogP contribution in [0.4, 0.5) is 0 Å². The van der Waals surface area contributed by atoms with Gasteiger partial charge in [0.1, 0.15) is 0 Å². The summed E-state index contributed by atoms with van der Waals surface area (Å²) in [5, 5.41) is 5.32. The first-order valence-corrected chi connectivity index (χ1v) is 8.77. The molecular formula is C16H29IN4S. The molecule has 0 aromatic carbocycles. The molecule has 0 saturated carbocycles. The van der Waals surface area contributed by atoms with Crippen LogP contribution in [0, 0.1) is 0 Å². The molecule has 1 aromatic rings. The molecule has 1 aromatic heterocycles. The number of halogens is 1. The lowest BCUT2D eigenvalue weighted by atomic mass is 9.99. The van der Waals surface area contributed by atoms with Gasteiger partial charge in [0.15, 0.2) is 5.96 Å². The minimum Gasteiger partial charge on any atom is -0.370 e. The van der Waals surface area contributed by atoms with Crippen LogP contribution in [-0.2, 0) is 6.42 Å². The SMILES string of the molecule is CC(C)(CN=C(N)NCCc1cccs1)N1CCCCC1.I. The van der Waals surface area contributed by atoms with E-state index in [9.17, 15) is 0 Å². The van der Waals surface area contributed by atoms with Crippen molar-refractivity contribution in [2.45, 2.75) is 45.1 Å². The molecule has 1 saturated heterocycles. The van der Waals surface area contributed by atoms with Crippen LogP contribution in [0.15, 0.2) is 22.5 Å². The molecule has 0 radical (unpaired) electrons. The first-order valence-electron chi connectivity index (χ1n) is 7.89. The quantitative estimate of drug-likeness (QED) is 0.410. The zero-order valence-corrected chi connectivity index (χ0v) is 16.8. The van der Waals surface area contributed by atoms with E-state index in [4.69, 9.17) is 5.73 Å². The van der Waals surface area contributed by atoms with Gasteiger partial charge in [-0.3, -0.25) is 9.89 Å². The average molecular weight is 436 g/mol. The molecule has 126 valence electrons. The van der Waals surface area contributed by atoms with Gasteiger partial charge in [-0.15, -0.1) is 35.3 Å². The number of guanidine groups is 1. The highest BCUT2D eigenvalue weighted by atomic mass is 127. The van der Waals surface area contributed by atoms with E-state index in [1.165, 1.54) is 37.2 Å². The number of nitrogens with zero attached hydrogens (tertiary/aromatic N) is 2. The van der Waals surface area contributed by atoms with Crippen LogP contribution in [0.1, 0.15) is 38.0 Å². The Morgan fingerprint density at radius 3 is 2.73 bits per heavy atom. The molecule has 1 aliphatic heterocycles. The highest BCUT2D eigenvalue weighted by molar-refractivity contribution is 14.0. The summed E-state index contributed by atoms with van der Waals surface area (Å²) in [7, 11) is 0. The zero-order valence-electron chi connectivity index (χ0n) is 13.7. The van der Waals surface area contributed by atoms with E-state index >= 15 is 0 Å². The summed E-state index contributed by atoms with van der Waals surface area (Å²) in [6.07, 6.45) is 4.98. The molecule has 0 spiro atoms. The molecule has 0 amide bonds. The fourth-order valence-electron chi connectivity index (χ4n) is 2.70. The summed E-state index contributed by atoms with van der Waals surface area (Å²) in [4.78, 5) is 8.45. The van der Waals surface area contributed by atoms with E-state index in [0.717, 1.165) is 19.5 Å². The number of hydrogen-bond acceptors (Lipinski definition) is 3. The molecule has 2 heterocycles. The predicted octanol–water partition coefficient (Wildman–Crippen LogP) is 3.08. The number of likely N-dealkylation sites (tertiary alicyclic amines) is 1. The van der Waals surface area contributed by atoms with Crippen molar-refractivity contribution in [3.63, 3.8) is 0 Å². The van der Waals surface area contributed by atoms with Gasteiger partial charge in [-0.25, -0.2) is 0 Å². The topological polar surface area (TPSA) is 53.6 Å². The number of aliphatic imine (C=N–C) groups is 1. The maximum absolute atomic E-state index is 5.97. The van der Waals surface area contributed by atoms with Crippen LogP contribution in [0.25, 0.3) is 0 Å². The largest absolute Gasteiger partial charge is 0.370 e. The van der Waals surface area contributed by atoms with Crippen LogP contribution >= 0.6 is 35.3 Å². The summed E-state index contributed by atoms with van der Waals surface area (Å²) in [5.74, 6) is 0.566. The Bertz CT molecular complexity index is 439. The smallest absolute Gasteiger partial charge is 0.188 e. The second-order valence-electron chi connectivity index (χ2n) is 6.32. The molecule has 4 nitrogen and oxygen atoms in total. The zero-order chi connectivity index (χ0) is 15.1. The maximum atomic E-state index is 5.97. The van der Waals surface area contributed by atoms with Gasteiger partial charge in [-0.05, 0) is 57.6 Å². The Morgan fingerprint density at radius 2 is 2.09 bits per heavy atom. The van der Waals surface area contributed by atoms with E-state index < -0.39 is 0 Å². The fraction of sp³-hybridized carbons (Fsp3) is 0.688. The lowest BCUT2D eigenvalue weighted by Gasteiger charge is -2.40. The molecule has 0 bridgehead atoms. The van der Waals surface area contributed by atoms with E-state index in [2.05, 4.69) is 46.6 Å². The molecule has 3 N–H and O–H groups in total. The third-order valence-electron chi connectivity index (χ3n) is 4.11. The standard InChI is InChI=1S/C16H28N4S.HI/c1-16(2,20-10-4-3-5-11-20)13-19-15(17)18-9-8-14-7-6-12-21-14;/h6-7,12H,3-5,8-11,13H2,1-2H3,(H3,17,18,19);1H.